The van der Waals surface area contributed by atoms with Crippen molar-refractivity contribution in [3.8, 4) is 11.4 Å². The van der Waals surface area contributed by atoms with Gasteiger partial charge in [0.25, 0.3) is 0 Å². The summed E-state index contributed by atoms with van der Waals surface area (Å²) in [4.78, 5) is 4.69. The number of aromatic nitrogens is 2. The van der Waals surface area contributed by atoms with Gasteiger partial charge in [0.1, 0.15) is 5.82 Å². The Morgan fingerprint density at radius 1 is 1.23 bits per heavy atom. The van der Waals surface area contributed by atoms with Crippen molar-refractivity contribution in [3.63, 3.8) is 0 Å². The first-order chi connectivity index (χ1) is 10.5. The molecule has 0 aliphatic heterocycles. The van der Waals surface area contributed by atoms with Gasteiger partial charge in [-0.1, -0.05) is 36.5 Å². The third-order valence-corrected chi connectivity index (χ3v) is 3.62. The lowest BCUT2D eigenvalue weighted by Crippen LogP contribution is -2.17. The maximum absolute atomic E-state index is 13.6. The number of halogens is 2. The molecule has 6 heteroatoms. The predicted octanol–water partition coefficient (Wildman–Crippen LogP) is 3.58. The molecule has 3 rings (SSSR count). The second kappa shape index (κ2) is 5.46. The van der Waals surface area contributed by atoms with Gasteiger partial charge < -0.3 is 10.3 Å². The molecule has 3 aromatic rings. The van der Waals surface area contributed by atoms with E-state index in [0.29, 0.717) is 16.9 Å². The van der Waals surface area contributed by atoms with Crippen molar-refractivity contribution >= 4 is 28.2 Å². The van der Waals surface area contributed by atoms with Gasteiger partial charge in [0.2, 0.25) is 0 Å². The van der Waals surface area contributed by atoms with Crippen LogP contribution in [-0.2, 0) is 6.54 Å². The van der Waals surface area contributed by atoms with Gasteiger partial charge >= 0.3 is 0 Å². The van der Waals surface area contributed by atoms with Gasteiger partial charge in [-0.15, -0.1) is 0 Å². The largest absolute Gasteiger partial charge is 0.392 e. The minimum Gasteiger partial charge on any atom is -0.392 e. The number of hydrogen-bond donors (Lipinski definition) is 1. The molecular formula is C16H13F2N3S. The molecule has 0 spiro atoms. The Morgan fingerprint density at radius 2 is 1.91 bits per heavy atom. The fourth-order valence-corrected chi connectivity index (χ4v) is 2.59. The number of rotatable bonds is 3. The van der Waals surface area contributed by atoms with E-state index in [-0.39, 0.29) is 11.5 Å². The Morgan fingerprint density at radius 3 is 2.59 bits per heavy atom. The third-order valence-electron chi connectivity index (χ3n) is 3.49. The van der Waals surface area contributed by atoms with Crippen LogP contribution in [0, 0.1) is 18.6 Å². The first-order valence-corrected chi connectivity index (χ1v) is 7.08. The molecule has 0 amide bonds. The van der Waals surface area contributed by atoms with E-state index in [2.05, 4.69) is 4.98 Å². The van der Waals surface area contributed by atoms with E-state index in [0.717, 1.165) is 23.3 Å². The summed E-state index contributed by atoms with van der Waals surface area (Å²) in [6.07, 6.45) is 0. The van der Waals surface area contributed by atoms with Gasteiger partial charge in [0, 0.05) is 17.7 Å². The van der Waals surface area contributed by atoms with Crippen molar-refractivity contribution < 1.29 is 8.78 Å². The lowest BCUT2D eigenvalue weighted by molar-refractivity contribution is 0.510. The number of aryl methyl sites for hydroxylation is 1. The van der Waals surface area contributed by atoms with Gasteiger partial charge in [-0.3, -0.25) is 0 Å². The van der Waals surface area contributed by atoms with Crippen LogP contribution in [0.15, 0.2) is 36.4 Å². The van der Waals surface area contributed by atoms with Crippen molar-refractivity contribution in [2.45, 2.75) is 13.5 Å². The Balaban J connectivity index is 2.33. The first-order valence-electron chi connectivity index (χ1n) is 6.67. The van der Waals surface area contributed by atoms with Crippen LogP contribution in [0.4, 0.5) is 8.78 Å². The molecular weight excluding hydrogens is 304 g/mol. The van der Waals surface area contributed by atoms with E-state index in [1.54, 1.807) is 4.57 Å². The molecule has 2 aromatic carbocycles. The summed E-state index contributed by atoms with van der Waals surface area (Å²) in [6.45, 7) is 2.15. The molecule has 0 saturated heterocycles. The van der Waals surface area contributed by atoms with E-state index >= 15 is 0 Å². The average molecular weight is 317 g/mol. The van der Waals surface area contributed by atoms with Gasteiger partial charge in [-0.25, -0.2) is 13.8 Å². The topological polar surface area (TPSA) is 43.8 Å². The number of thiocarbonyl (C=S) groups is 1. The van der Waals surface area contributed by atoms with Gasteiger partial charge in [0.15, 0.2) is 11.6 Å². The third kappa shape index (κ3) is 2.46. The molecule has 0 unspecified atom stereocenters. The molecule has 3 nitrogen and oxygen atoms in total. The Kier molecular flexibility index (Phi) is 3.62. The SMILES string of the molecule is Cc1ccccc1-c1nc2cc(F)c(F)cc2n1CC(N)=S. The maximum atomic E-state index is 13.6. The molecule has 1 aromatic heterocycles. The van der Waals surface area contributed by atoms with Crippen LogP contribution in [0.25, 0.3) is 22.4 Å². The van der Waals surface area contributed by atoms with Gasteiger partial charge in [0.05, 0.1) is 22.6 Å². The quantitative estimate of drug-likeness (QED) is 0.751. The van der Waals surface area contributed by atoms with E-state index in [1.807, 2.05) is 31.2 Å². The maximum Gasteiger partial charge on any atom is 0.161 e. The highest BCUT2D eigenvalue weighted by Gasteiger charge is 2.17. The van der Waals surface area contributed by atoms with Crippen molar-refractivity contribution in [2.24, 2.45) is 5.73 Å². The Bertz CT molecular complexity index is 886. The number of nitrogens with two attached hydrogens (primary N) is 1. The summed E-state index contributed by atoms with van der Waals surface area (Å²) in [7, 11) is 0. The Hall–Kier alpha value is -2.34. The zero-order valence-corrected chi connectivity index (χ0v) is 12.6. The van der Waals surface area contributed by atoms with Crippen molar-refractivity contribution in [1.82, 2.24) is 9.55 Å². The lowest BCUT2D eigenvalue weighted by atomic mass is 10.1. The summed E-state index contributed by atoms with van der Waals surface area (Å²) >= 11 is 4.97. The number of hydrogen-bond acceptors (Lipinski definition) is 2. The van der Waals surface area contributed by atoms with Crippen LogP contribution < -0.4 is 5.73 Å². The van der Waals surface area contributed by atoms with Crippen molar-refractivity contribution in [3.05, 3.63) is 53.6 Å². The monoisotopic (exact) mass is 317 g/mol. The fraction of sp³-hybridized carbons (Fsp3) is 0.125. The normalized spacial score (nSPS) is 11.0. The zero-order valence-electron chi connectivity index (χ0n) is 11.8. The summed E-state index contributed by atoms with van der Waals surface area (Å²) in [5.41, 5.74) is 8.35. The first kappa shape index (κ1) is 14.6. The van der Waals surface area contributed by atoms with Crippen LogP contribution in [-0.4, -0.2) is 14.5 Å². The smallest absolute Gasteiger partial charge is 0.161 e. The molecule has 2 N–H and O–H groups in total. The Labute approximate surface area is 131 Å². The lowest BCUT2D eigenvalue weighted by Gasteiger charge is -2.10. The summed E-state index contributed by atoms with van der Waals surface area (Å²) in [6, 6.07) is 9.85. The second-order valence-corrected chi connectivity index (χ2v) is 5.58. The molecule has 0 fully saturated rings. The van der Waals surface area contributed by atoms with Crippen LogP contribution >= 0.6 is 12.2 Å². The van der Waals surface area contributed by atoms with Crippen molar-refractivity contribution in [2.75, 3.05) is 0 Å². The number of imidazole rings is 1. The van der Waals surface area contributed by atoms with E-state index < -0.39 is 11.6 Å². The predicted molar refractivity (Wildman–Crippen MR) is 86.6 cm³/mol. The highest BCUT2D eigenvalue weighted by Crippen LogP contribution is 2.28. The molecule has 1 heterocycles. The average Bonchev–Trinajstić information content (AvgIpc) is 2.77. The number of benzene rings is 2. The molecule has 0 aliphatic rings. The van der Waals surface area contributed by atoms with Crippen LogP contribution in [0.1, 0.15) is 5.56 Å². The second-order valence-electron chi connectivity index (χ2n) is 5.06. The molecule has 112 valence electrons. The van der Waals surface area contributed by atoms with Crippen LogP contribution in [0.5, 0.6) is 0 Å². The van der Waals surface area contributed by atoms with E-state index in [1.165, 1.54) is 0 Å². The summed E-state index contributed by atoms with van der Waals surface area (Å²) in [5.74, 6) is -1.26. The summed E-state index contributed by atoms with van der Waals surface area (Å²) < 4.78 is 28.7. The fourth-order valence-electron chi connectivity index (χ4n) is 2.47. The molecule has 0 aliphatic carbocycles. The van der Waals surface area contributed by atoms with Crippen LogP contribution in [0.2, 0.25) is 0 Å². The number of fused-ring (bicyclic) bond motifs is 1. The van der Waals surface area contributed by atoms with E-state index in [4.69, 9.17) is 18.0 Å². The molecule has 0 bridgehead atoms. The zero-order chi connectivity index (χ0) is 15.9. The van der Waals surface area contributed by atoms with Gasteiger partial charge in [-0.05, 0) is 12.5 Å². The molecule has 0 saturated carbocycles. The van der Waals surface area contributed by atoms with Gasteiger partial charge in [-0.2, -0.15) is 0 Å². The van der Waals surface area contributed by atoms with E-state index in [9.17, 15) is 8.78 Å². The number of nitrogens with zero attached hydrogens (tertiary/aromatic N) is 2. The molecule has 22 heavy (non-hydrogen) atoms. The molecule has 0 radical (unpaired) electrons. The van der Waals surface area contributed by atoms with Crippen LogP contribution in [0.3, 0.4) is 0 Å². The molecule has 0 atom stereocenters. The standard InChI is InChI=1S/C16H13F2N3S/c1-9-4-2-3-5-10(9)16-20-13-6-11(17)12(18)7-14(13)21(16)8-15(19)22/h2-7H,8H2,1H3,(H2,19,22). The minimum absolute atomic E-state index is 0.209. The minimum atomic E-state index is -0.927. The van der Waals surface area contributed by atoms with Crippen molar-refractivity contribution in [1.29, 1.82) is 0 Å². The highest BCUT2D eigenvalue weighted by atomic mass is 32.1. The summed E-state index contributed by atoms with van der Waals surface area (Å²) in [5, 5.41) is 0. The highest BCUT2D eigenvalue weighted by molar-refractivity contribution is 7.80.